The fourth-order valence-corrected chi connectivity index (χ4v) is 4.04. The van der Waals surface area contributed by atoms with Crippen LogP contribution in [-0.4, -0.2) is 71.0 Å². The summed E-state index contributed by atoms with van der Waals surface area (Å²) in [6.07, 6.45) is 4.00. The molecular formula is C23H25N3O4. The molecule has 1 aromatic heterocycles. The number of hydrogen-bond donors (Lipinski definition) is 1. The Hall–Kier alpha value is -3.03. The highest BCUT2D eigenvalue weighted by Crippen LogP contribution is 2.39. The molecule has 3 heterocycles. The van der Waals surface area contributed by atoms with Crippen molar-refractivity contribution in [2.45, 2.75) is 12.5 Å². The fraction of sp³-hybridized carbons (Fsp3) is 0.348. The summed E-state index contributed by atoms with van der Waals surface area (Å²) in [5.74, 6) is -1.37. The number of aliphatic hydroxyl groups excluding tert-OH is 1. The zero-order valence-corrected chi connectivity index (χ0v) is 16.7. The molecule has 0 radical (unpaired) electrons. The van der Waals surface area contributed by atoms with Crippen LogP contribution in [0.15, 0.2) is 60.4 Å². The van der Waals surface area contributed by atoms with Gasteiger partial charge in [-0.25, -0.2) is 0 Å². The Morgan fingerprint density at radius 3 is 2.43 bits per heavy atom. The van der Waals surface area contributed by atoms with Crippen molar-refractivity contribution in [2.24, 2.45) is 0 Å². The smallest absolute Gasteiger partial charge is 0.295 e. The van der Waals surface area contributed by atoms with E-state index in [1.54, 1.807) is 53.7 Å². The number of carbonyl (C=O) groups excluding carboxylic acids is 2. The number of benzene rings is 1. The summed E-state index contributed by atoms with van der Waals surface area (Å²) in [7, 11) is 0. The Bertz CT molecular complexity index is 924. The van der Waals surface area contributed by atoms with Crippen LogP contribution in [0.1, 0.15) is 23.6 Å². The Morgan fingerprint density at radius 1 is 1.03 bits per heavy atom. The van der Waals surface area contributed by atoms with Gasteiger partial charge in [0.2, 0.25) is 0 Å². The third kappa shape index (κ3) is 4.13. The maximum absolute atomic E-state index is 12.9. The highest BCUT2D eigenvalue weighted by molar-refractivity contribution is 6.46. The zero-order chi connectivity index (χ0) is 20.9. The predicted molar refractivity (Wildman–Crippen MR) is 112 cm³/mol. The van der Waals surface area contributed by atoms with Crippen LogP contribution in [0, 0.1) is 0 Å². The summed E-state index contributed by atoms with van der Waals surface area (Å²) in [5, 5.41) is 10.9. The lowest BCUT2D eigenvalue weighted by atomic mass is 9.96. The highest BCUT2D eigenvalue weighted by atomic mass is 16.5. The van der Waals surface area contributed by atoms with E-state index in [0.29, 0.717) is 12.1 Å². The molecule has 0 spiro atoms. The largest absolute Gasteiger partial charge is 0.507 e. The fourth-order valence-electron chi connectivity index (χ4n) is 4.04. The first-order valence-electron chi connectivity index (χ1n) is 10.2. The number of rotatable bonds is 6. The molecule has 2 fully saturated rings. The minimum absolute atomic E-state index is 0.128. The van der Waals surface area contributed by atoms with Gasteiger partial charge < -0.3 is 14.7 Å². The lowest BCUT2D eigenvalue weighted by Crippen LogP contribution is -2.38. The Morgan fingerprint density at radius 2 is 1.73 bits per heavy atom. The van der Waals surface area contributed by atoms with E-state index in [9.17, 15) is 14.7 Å². The number of nitrogens with zero attached hydrogens (tertiary/aromatic N) is 3. The molecule has 2 aliphatic heterocycles. The molecule has 0 aliphatic carbocycles. The van der Waals surface area contributed by atoms with Gasteiger partial charge in [0.15, 0.2) is 0 Å². The van der Waals surface area contributed by atoms with Crippen molar-refractivity contribution in [1.82, 2.24) is 14.8 Å². The van der Waals surface area contributed by atoms with Crippen LogP contribution >= 0.6 is 0 Å². The monoisotopic (exact) mass is 407 g/mol. The van der Waals surface area contributed by atoms with Crippen molar-refractivity contribution >= 4 is 17.4 Å². The molecule has 30 heavy (non-hydrogen) atoms. The van der Waals surface area contributed by atoms with Crippen LogP contribution in [0.4, 0.5) is 0 Å². The van der Waals surface area contributed by atoms with Gasteiger partial charge in [-0.1, -0.05) is 30.3 Å². The van der Waals surface area contributed by atoms with E-state index in [4.69, 9.17) is 4.74 Å². The SMILES string of the molecule is O=C1C(=O)N(CCCN2CCOCC2)[C@H](c2ccncc2)C1=C(O)c1ccccc1. The molecule has 4 rings (SSSR count). The van der Waals surface area contributed by atoms with E-state index < -0.39 is 17.7 Å². The molecule has 1 atom stereocenters. The maximum Gasteiger partial charge on any atom is 0.295 e. The van der Waals surface area contributed by atoms with Gasteiger partial charge in [0.1, 0.15) is 5.76 Å². The second-order valence-corrected chi connectivity index (χ2v) is 7.45. The first kappa shape index (κ1) is 20.3. The summed E-state index contributed by atoms with van der Waals surface area (Å²) >= 11 is 0. The van der Waals surface area contributed by atoms with E-state index in [1.165, 1.54) is 0 Å². The summed E-state index contributed by atoms with van der Waals surface area (Å²) in [5.41, 5.74) is 1.40. The van der Waals surface area contributed by atoms with Gasteiger partial charge in [0.25, 0.3) is 11.7 Å². The average molecular weight is 407 g/mol. The van der Waals surface area contributed by atoms with Crippen molar-refractivity contribution in [1.29, 1.82) is 0 Å². The lowest BCUT2D eigenvalue weighted by molar-refractivity contribution is -0.140. The van der Waals surface area contributed by atoms with Gasteiger partial charge in [0.05, 0.1) is 24.8 Å². The van der Waals surface area contributed by atoms with Crippen molar-refractivity contribution in [2.75, 3.05) is 39.4 Å². The van der Waals surface area contributed by atoms with Crippen LogP contribution in [0.5, 0.6) is 0 Å². The number of amides is 1. The molecule has 0 bridgehead atoms. The zero-order valence-electron chi connectivity index (χ0n) is 16.7. The molecule has 7 heteroatoms. The summed E-state index contributed by atoms with van der Waals surface area (Å²) in [6.45, 7) is 4.45. The first-order valence-corrected chi connectivity index (χ1v) is 10.2. The van der Waals surface area contributed by atoms with E-state index in [0.717, 1.165) is 44.8 Å². The Kier molecular flexibility index (Phi) is 6.21. The standard InChI is InChI=1S/C23H25N3O4/c27-21(18-5-2-1-3-6-18)19-20(17-7-9-24-10-8-17)26(23(29)22(19)28)12-4-11-25-13-15-30-16-14-25/h1-3,5-10,20,27H,4,11-16H2/t20-/m1/s1. The number of morpholine rings is 1. The molecule has 1 N–H and O–H groups in total. The van der Waals surface area contributed by atoms with Gasteiger partial charge in [0, 0.05) is 44.1 Å². The van der Waals surface area contributed by atoms with E-state index in [1.807, 2.05) is 6.07 Å². The summed E-state index contributed by atoms with van der Waals surface area (Å²) in [4.78, 5) is 33.7. The lowest BCUT2D eigenvalue weighted by Gasteiger charge is -2.29. The molecule has 2 aliphatic rings. The number of carbonyl (C=O) groups is 2. The van der Waals surface area contributed by atoms with Crippen LogP contribution < -0.4 is 0 Å². The molecule has 2 aromatic rings. The van der Waals surface area contributed by atoms with E-state index in [-0.39, 0.29) is 11.3 Å². The van der Waals surface area contributed by atoms with Gasteiger partial charge in [-0.2, -0.15) is 0 Å². The van der Waals surface area contributed by atoms with Gasteiger partial charge in [-0.15, -0.1) is 0 Å². The molecule has 2 saturated heterocycles. The molecular weight excluding hydrogens is 382 g/mol. The molecule has 0 saturated carbocycles. The van der Waals surface area contributed by atoms with Crippen LogP contribution in [0.3, 0.4) is 0 Å². The van der Waals surface area contributed by atoms with Crippen molar-refractivity contribution < 1.29 is 19.4 Å². The Balaban J connectivity index is 1.63. The van der Waals surface area contributed by atoms with Gasteiger partial charge in [-0.3, -0.25) is 19.5 Å². The number of ketones is 1. The number of aliphatic hydroxyl groups is 1. The molecule has 0 unspecified atom stereocenters. The minimum Gasteiger partial charge on any atom is -0.507 e. The Labute approximate surface area is 175 Å². The van der Waals surface area contributed by atoms with Gasteiger partial charge in [-0.05, 0) is 24.1 Å². The van der Waals surface area contributed by atoms with E-state index >= 15 is 0 Å². The number of hydrogen-bond acceptors (Lipinski definition) is 6. The number of pyridine rings is 1. The summed E-state index contributed by atoms with van der Waals surface area (Å²) in [6, 6.07) is 11.8. The van der Waals surface area contributed by atoms with Crippen LogP contribution in [0.25, 0.3) is 5.76 Å². The maximum atomic E-state index is 12.9. The van der Waals surface area contributed by atoms with E-state index in [2.05, 4.69) is 9.88 Å². The van der Waals surface area contributed by atoms with Crippen molar-refractivity contribution in [3.8, 4) is 0 Å². The predicted octanol–water partition coefficient (Wildman–Crippen LogP) is 2.23. The topological polar surface area (TPSA) is 83.0 Å². The van der Waals surface area contributed by atoms with Crippen molar-refractivity contribution in [3.05, 3.63) is 71.6 Å². The van der Waals surface area contributed by atoms with Crippen LogP contribution in [0.2, 0.25) is 0 Å². The highest BCUT2D eigenvalue weighted by Gasteiger charge is 2.45. The first-order chi connectivity index (χ1) is 14.7. The van der Waals surface area contributed by atoms with Crippen LogP contribution in [-0.2, 0) is 14.3 Å². The molecule has 156 valence electrons. The van der Waals surface area contributed by atoms with Crippen molar-refractivity contribution in [3.63, 3.8) is 0 Å². The second kappa shape index (κ2) is 9.19. The third-order valence-electron chi connectivity index (χ3n) is 5.59. The third-order valence-corrected chi connectivity index (χ3v) is 5.59. The molecule has 1 amide bonds. The quantitative estimate of drug-likeness (QED) is 0.449. The minimum atomic E-state index is -0.649. The number of aromatic nitrogens is 1. The number of ether oxygens (including phenoxy) is 1. The summed E-state index contributed by atoms with van der Waals surface area (Å²) < 4.78 is 5.38. The molecule has 7 nitrogen and oxygen atoms in total. The number of likely N-dealkylation sites (tertiary alicyclic amines) is 1. The average Bonchev–Trinajstić information content (AvgIpc) is 3.05. The number of Topliss-reactive ketones (excluding diaryl/α,β-unsaturated/α-hetero) is 1. The van der Waals surface area contributed by atoms with Gasteiger partial charge >= 0.3 is 0 Å². The molecule has 1 aromatic carbocycles. The normalized spacial score (nSPS) is 21.9. The second-order valence-electron chi connectivity index (χ2n) is 7.45.